The molecule has 0 aliphatic carbocycles. The summed E-state index contributed by atoms with van der Waals surface area (Å²) in [4.78, 5) is 0.281. The first kappa shape index (κ1) is 24.2. The zero-order chi connectivity index (χ0) is 24.5. The predicted octanol–water partition coefficient (Wildman–Crippen LogP) is 5.72. The molecule has 0 bridgehead atoms. The number of rotatable bonds is 8. The van der Waals surface area contributed by atoms with Gasteiger partial charge < -0.3 is 5.32 Å². The number of nitrogens with one attached hydrogen (secondary N) is 2. The SMILES string of the molecule is O=S(=O)(C/C=C(/NC(=S)NN(c1ccccc1)c1ccccc1)c1ccccc1)c1ccccc1. The van der Waals surface area contributed by atoms with Crippen LogP contribution in [0.4, 0.5) is 11.4 Å². The molecule has 35 heavy (non-hydrogen) atoms. The Morgan fingerprint density at radius 3 is 1.69 bits per heavy atom. The fourth-order valence-corrected chi connectivity index (χ4v) is 4.81. The Morgan fingerprint density at radius 1 is 0.714 bits per heavy atom. The number of nitrogens with zero attached hydrogens (tertiary/aromatic N) is 1. The van der Waals surface area contributed by atoms with Crippen LogP contribution in [0.2, 0.25) is 0 Å². The average Bonchev–Trinajstić information content (AvgIpc) is 2.91. The molecular weight excluding hydrogens is 474 g/mol. The Morgan fingerprint density at radius 2 is 1.17 bits per heavy atom. The number of para-hydroxylation sites is 2. The largest absolute Gasteiger partial charge is 0.331 e. The van der Waals surface area contributed by atoms with Gasteiger partial charge in [0.1, 0.15) is 0 Å². The van der Waals surface area contributed by atoms with Gasteiger partial charge in [0, 0.05) is 5.70 Å². The van der Waals surface area contributed by atoms with E-state index in [9.17, 15) is 8.42 Å². The summed E-state index contributed by atoms with van der Waals surface area (Å²) in [6, 6.07) is 37.5. The van der Waals surface area contributed by atoms with E-state index in [0.29, 0.717) is 10.8 Å². The molecule has 0 aliphatic rings. The number of benzene rings is 4. The third-order valence-corrected chi connectivity index (χ3v) is 6.97. The molecule has 0 saturated heterocycles. The van der Waals surface area contributed by atoms with Crippen molar-refractivity contribution in [3.8, 4) is 0 Å². The molecule has 0 spiro atoms. The molecule has 5 nitrogen and oxygen atoms in total. The van der Waals surface area contributed by atoms with Crippen LogP contribution in [0.15, 0.2) is 132 Å². The van der Waals surface area contributed by atoms with Crippen LogP contribution in [0, 0.1) is 0 Å². The second-order valence-corrected chi connectivity index (χ2v) is 10.1. The third-order valence-electron chi connectivity index (χ3n) is 5.18. The summed E-state index contributed by atoms with van der Waals surface area (Å²) in [5, 5.41) is 5.40. The van der Waals surface area contributed by atoms with E-state index in [0.717, 1.165) is 16.9 Å². The Labute approximate surface area is 211 Å². The van der Waals surface area contributed by atoms with Gasteiger partial charge in [0.05, 0.1) is 22.0 Å². The first-order valence-electron chi connectivity index (χ1n) is 11.0. The van der Waals surface area contributed by atoms with Gasteiger partial charge in [0.15, 0.2) is 14.9 Å². The van der Waals surface area contributed by atoms with Crippen LogP contribution in [-0.4, -0.2) is 19.3 Å². The highest BCUT2D eigenvalue weighted by Crippen LogP contribution is 2.23. The summed E-state index contributed by atoms with van der Waals surface area (Å²) in [6.45, 7) is 0. The third kappa shape index (κ3) is 6.56. The summed E-state index contributed by atoms with van der Waals surface area (Å²) in [7, 11) is -3.50. The zero-order valence-corrected chi connectivity index (χ0v) is 20.5. The van der Waals surface area contributed by atoms with E-state index in [2.05, 4.69) is 10.7 Å². The molecule has 0 radical (unpaired) electrons. The molecule has 0 aliphatic heterocycles. The van der Waals surface area contributed by atoms with Gasteiger partial charge in [-0.2, -0.15) is 0 Å². The highest BCUT2D eigenvalue weighted by atomic mass is 32.2. The Hall–Kier alpha value is -3.94. The highest BCUT2D eigenvalue weighted by Gasteiger charge is 2.15. The number of thiocarbonyl (C=S) groups is 1. The molecule has 0 saturated carbocycles. The maximum Gasteiger partial charge on any atom is 0.190 e. The molecule has 0 amide bonds. The number of anilines is 2. The molecule has 0 aromatic heterocycles. The van der Waals surface area contributed by atoms with E-state index < -0.39 is 9.84 Å². The smallest absolute Gasteiger partial charge is 0.190 e. The van der Waals surface area contributed by atoms with Gasteiger partial charge in [-0.3, -0.25) is 10.4 Å². The fourth-order valence-electron chi connectivity index (χ4n) is 3.46. The molecule has 7 heteroatoms. The zero-order valence-electron chi connectivity index (χ0n) is 18.9. The average molecular weight is 500 g/mol. The first-order chi connectivity index (χ1) is 17.0. The van der Waals surface area contributed by atoms with Gasteiger partial charge in [-0.15, -0.1) is 0 Å². The summed E-state index contributed by atoms with van der Waals surface area (Å²) < 4.78 is 25.7. The Kier molecular flexibility index (Phi) is 7.92. The normalized spacial score (nSPS) is 11.5. The van der Waals surface area contributed by atoms with Crippen molar-refractivity contribution in [1.29, 1.82) is 0 Å². The summed E-state index contributed by atoms with van der Waals surface area (Å²) in [5.74, 6) is -0.169. The van der Waals surface area contributed by atoms with Crippen molar-refractivity contribution < 1.29 is 8.42 Å². The van der Waals surface area contributed by atoms with Crippen LogP contribution in [0.1, 0.15) is 5.56 Å². The Bertz CT molecular complexity index is 1340. The van der Waals surface area contributed by atoms with Crippen LogP contribution in [0.5, 0.6) is 0 Å². The van der Waals surface area contributed by atoms with Gasteiger partial charge >= 0.3 is 0 Å². The van der Waals surface area contributed by atoms with Crippen molar-refractivity contribution in [3.63, 3.8) is 0 Å². The van der Waals surface area contributed by atoms with Gasteiger partial charge in [0.25, 0.3) is 0 Å². The van der Waals surface area contributed by atoms with Crippen molar-refractivity contribution in [2.24, 2.45) is 0 Å². The van der Waals surface area contributed by atoms with E-state index in [1.165, 1.54) is 0 Å². The number of hydrogen-bond acceptors (Lipinski definition) is 4. The Balaban J connectivity index is 1.59. The summed E-state index contributed by atoms with van der Waals surface area (Å²) in [6.07, 6.45) is 1.65. The maximum atomic E-state index is 12.9. The second-order valence-electron chi connectivity index (χ2n) is 7.65. The minimum atomic E-state index is -3.50. The van der Waals surface area contributed by atoms with Crippen molar-refractivity contribution >= 4 is 44.2 Å². The minimum absolute atomic E-state index is 0.169. The van der Waals surface area contributed by atoms with E-state index in [-0.39, 0.29) is 10.6 Å². The fraction of sp³-hybridized carbons (Fsp3) is 0.0357. The lowest BCUT2D eigenvalue weighted by Gasteiger charge is -2.27. The second kappa shape index (κ2) is 11.5. The molecular formula is C28H25N3O2S2. The lowest BCUT2D eigenvalue weighted by Crippen LogP contribution is -2.44. The van der Waals surface area contributed by atoms with E-state index in [4.69, 9.17) is 12.2 Å². The predicted molar refractivity (Wildman–Crippen MR) is 147 cm³/mol. The maximum absolute atomic E-state index is 12.9. The summed E-state index contributed by atoms with van der Waals surface area (Å²) >= 11 is 5.65. The minimum Gasteiger partial charge on any atom is -0.331 e. The van der Waals surface area contributed by atoms with Crippen molar-refractivity contribution in [1.82, 2.24) is 10.7 Å². The van der Waals surface area contributed by atoms with Gasteiger partial charge in [0.2, 0.25) is 0 Å². The molecule has 2 N–H and O–H groups in total. The van der Waals surface area contributed by atoms with Gasteiger partial charge in [-0.25, -0.2) is 8.42 Å². The van der Waals surface area contributed by atoms with Crippen molar-refractivity contribution in [3.05, 3.63) is 133 Å². The van der Waals surface area contributed by atoms with Crippen LogP contribution in [0.25, 0.3) is 5.70 Å². The lowest BCUT2D eigenvalue weighted by atomic mass is 10.1. The highest BCUT2D eigenvalue weighted by molar-refractivity contribution is 7.91. The van der Waals surface area contributed by atoms with Crippen molar-refractivity contribution in [2.75, 3.05) is 10.8 Å². The first-order valence-corrected chi connectivity index (χ1v) is 13.1. The summed E-state index contributed by atoms with van der Waals surface area (Å²) in [5.41, 5.74) is 6.47. The van der Waals surface area contributed by atoms with Crippen LogP contribution >= 0.6 is 12.2 Å². The molecule has 4 aromatic carbocycles. The van der Waals surface area contributed by atoms with E-state index in [1.54, 1.807) is 36.4 Å². The quantitative estimate of drug-likeness (QED) is 0.239. The molecule has 0 unspecified atom stereocenters. The van der Waals surface area contributed by atoms with Gasteiger partial charge in [-0.1, -0.05) is 84.9 Å². The van der Waals surface area contributed by atoms with Crippen molar-refractivity contribution in [2.45, 2.75) is 4.90 Å². The lowest BCUT2D eigenvalue weighted by molar-refractivity contribution is 0.599. The molecule has 0 heterocycles. The molecule has 0 fully saturated rings. The van der Waals surface area contributed by atoms with Gasteiger partial charge in [-0.05, 0) is 60.3 Å². The molecule has 4 rings (SSSR count). The number of hydrogen-bond donors (Lipinski definition) is 2. The number of hydrazine groups is 1. The topological polar surface area (TPSA) is 61.4 Å². The van der Waals surface area contributed by atoms with E-state index >= 15 is 0 Å². The van der Waals surface area contributed by atoms with Crippen LogP contribution in [0.3, 0.4) is 0 Å². The van der Waals surface area contributed by atoms with Crippen LogP contribution in [-0.2, 0) is 9.84 Å². The molecule has 176 valence electrons. The monoisotopic (exact) mass is 499 g/mol. The van der Waals surface area contributed by atoms with Crippen LogP contribution < -0.4 is 15.8 Å². The number of sulfone groups is 1. The standard InChI is InChI=1S/C28H25N3O2S2/c32-35(33,26-19-11-4-12-20-26)22-21-27(23-13-5-1-6-14-23)29-28(34)30-31(24-15-7-2-8-16-24)25-17-9-3-10-18-25/h1-21H,22H2,(H2,29,30,34)/b27-21+. The molecule has 4 aromatic rings. The molecule has 0 atom stereocenters. The van der Waals surface area contributed by atoms with E-state index in [1.807, 2.05) is 96.0 Å².